The molecule has 0 saturated heterocycles. The predicted octanol–water partition coefficient (Wildman–Crippen LogP) is 4.27. The molecule has 0 amide bonds. The van der Waals surface area contributed by atoms with E-state index in [1.54, 1.807) is 12.1 Å². The summed E-state index contributed by atoms with van der Waals surface area (Å²) in [7, 11) is 4.52. The number of benzene rings is 2. The van der Waals surface area contributed by atoms with Crippen molar-refractivity contribution in [1.82, 2.24) is 9.97 Å². The normalized spacial score (nSPS) is 10.3. The minimum absolute atomic E-state index is 0.205. The summed E-state index contributed by atoms with van der Waals surface area (Å²) in [5, 5.41) is 5.61. The smallest absolute Gasteiger partial charge is 0.229 e. The van der Waals surface area contributed by atoms with Crippen LogP contribution in [-0.4, -0.2) is 31.3 Å². The number of nitrogens with one attached hydrogen (secondary N) is 2. The Morgan fingerprint density at radius 1 is 0.857 bits per heavy atom. The van der Waals surface area contributed by atoms with E-state index in [-0.39, 0.29) is 17.5 Å². The zero-order chi connectivity index (χ0) is 20.1. The summed E-state index contributed by atoms with van der Waals surface area (Å²) in [6, 6.07) is 8.45. The highest BCUT2D eigenvalue weighted by Crippen LogP contribution is 2.40. The van der Waals surface area contributed by atoms with E-state index < -0.39 is 11.6 Å². The highest BCUT2D eigenvalue weighted by atomic mass is 19.1. The van der Waals surface area contributed by atoms with Crippen molar-refractivity contribution in [3.63, 3.8) is 0 Å². The molecule has 0 fully saturated rings. The van der Waals surface area contributed by atoms with Gasteiger partial charge in [0.05, 0.1) is 21.3 Å². The second-order valence-corrected chi connectivity index (χ2v) is 5.53. The van der Waals surface area contributed by atoms with Crippen molar-refractivity contribution in [1.29, 1.82) is 0 Å². The Bertz CT molecular complexity index is 940. The van der Waals surface area contributed by atoms with Gasteiger partial charge in [0, 0.05) is 24.0 Å². The lowest BCUT2D eigenvalue weighted by atomic mass is 10.2. The van der Waals surface area contributed by atoms with Crippen LogP contribution in [-0.2, 0) is 0 Å². The van der Waals surface area contributed by atoms with E-state index in [0.717, 1.165) is 12.1 Å². The van der Waals surface area contributed by atoms with Crippen molar-refractivity contribution in [2.75, 3.05) is 32.0 Å². The summed E-state index contributed by atoms with van der Waals surface area (Å²) >= 11 is 0. The van der Waals surface area contributed by atoms with E-state index >= 15 is 0 Å². The maximum atomic E-state index is 13.8. The van der Waals surface area contributed by atoms with Gasteiger partial charge in [0.15, 0.2) is 11.5 Å². The lowest BCUT2D eigenvalue weighted by molar-refractivity contribution is 0.324. The van der Waals surface area contributed by atoms with Crippen molar-refractivity contribution in [3.05, 3.63) is 54.2 Å². The Hall–Kier alpha value is -3.62. The van der Waals surface area contributed by atoms with E-state index in [2.05, 4.69) is 20.6 Å². The number of anilines is 4. The summed E-state index contributed by atoms with van der Waals surface area (Å²) in [6.45, 7) is 0. The molecule has 3 rings (SSSR count). The number of nitrogens with zero attached hydrogens (tertiary/aromatic N) is 2. The minimum atomic E-state index is -0.724. The van der Waals surface area contributed by atoms with Crippen LogP contribution in [0.15, 0.2) is 42.6 Å². The third-order valence-corrected chi connectivity index (χ3v) is 3.79. The number of halogens is 2. The summed E-state index contributed by atoms with van der Waals surface area (Å²) < 4.78 is 43.5. The van der Waals surface area contributed by atoms with Crippen molar-refractivity contribution in [2.24, 2.45) is 0 Å². The van der Waals surface area contributed by atoms with Gasteiger partial charge in [-0.2, -0.15) is 4.98 Å². The van der Waals surface area contributed by atoms with Gasteiger partial charge in [0.25, 0.3) is 0 Å². The van der Waals surface area contributed by atoms with Crippen LogP contribution in [0.5, 0.6) is 17.2 Å². The van der Waals surface area contributed by atoms with Crippen LogP contribution in [0.2, 0.25) is 0 Å². The molecule has 3 aromatic rings. The number of ether oxygens (including phenoxy) is 3. The van der Waals surface area contributed by atoms with Crippen molar-refractivity contribution in [3.8, 4) is 17.2 Å². The highest BCUT2D eigenvalue weighted by Gasteiger charge is 2.14. The van der Waals surface area contributed by atoms with Gasteiger partial charge < -0.3 is 24.8 Å². The van der Waals surface area contributed by atoms with Gasteiger partial charge in [-0.1, -0.05) is 6.07 Å². The molecule has 0 unspecified atom stereocenters. The molecule has 0 aliphatic rings. The molecule has 0 spiro atoms. The monoisotopic (exact) mass is 388 g/mol. The first-order chi connectivity index (χ1) is 13.5. The molecule has 0 radical (unpaired) electrons. The fourth-order valence-electron chi connectivity index (χ4n) is 2.52. The van der Waals surface area contributed by atoms with Gasteiger partial charge in [-0.3, -0.25) is 0 Å². The fourth-order valence-corrected chi connectivity index (χ4v) is 2.52. The largest absolute Gasteiger partial charge is 0.493 e. The molecule has 1 heterocycles. The summed E-state index contributed by atoms with van der Waals surface area (Å²) in [5.74, 6) is 0.321. The van der Waals surface area contributed by atoms with Crippen LogP contribution in [0.3, 0.4) is 0 Å². The number of hydrogen-bond acceptors (Lipinski definition) is 7. The van der Waals surface area contributed by atoms with Gasteiger partial charge in [-0.25, -0.2) is 13.8 Å². The van der Waals surface area contributed by atoms with E-state index in [0.29, 0.717) is 22.9 Å². The lowest BCUT2D eigenvalue weighted by Gasteiger charge is -2.15. The first kappa shape index (κ1) is 19.2. The molecule has 9 heteroatoms. The number of aromatic nitrogens is 2. The predicted molar refractivity (Wildman–Crippen MR) is 101 cm³/mol. The van der Waals surface area contributed by atoms with Crippen LogP contribution < -0.4 is 24.8 Å². The summed E-state index contributed by atoms with van der Waals surface area (Å²) in [5.41, 5.74) is 0.281. The standard InChI is InChI=1S/C19H18F2N4O3/c1-26-14-9-11(10-15(27-2)18(14)28-3)23-19-22-8-7-16(25-19)24-17-12(20)5-4-6-13(17)21/h4-10H,1-3H3,(H2,22,23,24,25). The molecule has 2 N–H and O–H groups in total. The Labute approximate surface area is 160 Å². The SMILES string of the molecule is COc1cc(Nc2nccc(Nc3c(F)cccc3F)n2)cc(OC)c1OC. The molecule has 146 valence electrons. The second kappa shape index (κ2) is 8.38. The lowest BCUT2D eigenvalue weighted by Crippen LogP contribution is -2.03. The van der Waals surface area contributed by atoms with Crippen LogP contribution in [0.25, 0.3) is 0 Å². The Balaban J connectivity index is 1.87. The number of para-hydroxylation sites is 1. The third-order valence-electron chi connectivity index (χ3n) is 3.79. The van der Waals surface area contributed by atoms with Gasteiger partial charge in [-0.15, -0.1) is 0 Å². The quantitative estimate of drug-likeness (QED) is 0.626. The van der Waals surface area contributed by atoms with Crippen molar-refractivity contribution in [2.45, 2.75) is 0 Å². The molecule has 0 saturated carbocycles. The van der Waals surface area contributed by atoms with E-state index in [1.165, 1.54) is 39.7 Å². The van der Waals surface area contributed by atoms with Crippen molar-refractivity contribution < 1.29 is 23.0 Å². The van der Waals surface area contributed by atoms with Crippen LogP contribution in [0.1, 0.15) is 0 Å². The minimum Gasteiger partial charge on any atom is -0.493 e. The molecule has 1 aromatic heterocycles. The molecule has 0 aliphatic heterocycles. The average molecular weight is 388 g/mol. The molecular weight excluding hydrogens is 370 g/mol. The highest BCUT2D eigenvalue weighted by molar-refractivity contribution is 5.66. The molecule has 0 aliphatic carbocycles. The number of hydrogen-bond donors (Lipinski definition) is 2. The van der Waals surface area contributed by atoms with Crippen LogP contribution in [0, 0.1) is 11.6 Å². The van der Waals surface area contributed by atoms with Gasteiger partial charge in [-0.05, 0) is 18.2 Å². The molecule has 0 bridgehead atoms. The molecule has 28 heavy (non-hydrogen) atoms. The topological polar surface area (TPSA) is 77.5 Å². The summed E-state index contributed by atoms with van der Waals surface area (Å²) in [6.07, 6.45) is 1.45. The number of rotatable bonds is 7. The average Bonchev–Trinajstić information content (AvgIpc) is 2.70. The Kier molecular flexibility index (Phi) is 5.73. The van der Waals surface area contributed by atoms with Crippen LogP contribution >= 0.6 is 0 Å². The zero-order valence-electron chi connectivity index (χ0n) is 15.4. The Morgan fingerprint density at radius 3 is 2.07 bits per heavy atom. The molecule has 7 nitrogen and oxygen atoms in total. The maximum absolute atomic E-state index is 13.8. The molecule has 2 aromatic carbocycles. The molecule has 0 atom stereocenters. The maximum Gasteiger partial charge on any atom is 0.229 e. The second-order valence-electron chi connectivity index (χ2n) is 5.53. The van der Waals surface area contributed by atoms with Crippen molar-refractivity contribution >= 4 is 23.1 Å². The Morgan fingerprint density at radius 2 is 1.50 bits per heavy atom. The first-order valence-corrected chi connectivity index (χ1v) is 8.16. The van der Waals surface area contributed by atoms with Gasteiger partial charge >= 0.3 is 0 Å². The van der Waals surface area contributed by atoms with E-state index in [4.69, 9.17) is 14.2 Å². The van der Waals surface area contributed by atoms with E-state index in [1.807, 2.05) is 0 Å². The first-order valence-electron chi connectivity index (χ1n) is 8.16. The summed E-state index contributed by atoms with van der Waals surface area (Å²) in [4.78, 5) is 8.33. The van der Waals surface area contributed by atoms with Gasteiger partial charge in [0.1, 0.15) is 23.1 Å². The molecular formula is C19H18F2N4O3. The fraction of sp³-hybridized carbons (Fsp3) is 0.158. The zero-order valence-corrected chi connectivity index (χ0v) is 15.4. The van der Waals surface area contributed by atoms with E-state index in [9.17, 15) is 8.78 Å². The van der Waals surface area contributed by atoms with Gasteiger partial charge in [0.2, 0.25) is 11.7 Å². The third kappa shape index (κ3) is 4.03. The number of methoxy groups -OCH3 is 3. The van der Waals surface area contributed by atoms with Crippen LogP contribution in [0.4, 0.5) is 31.9 Å².